The molecule has 6 nitrogen and oxygen atoms in total. The van der Waals surface area contributed by atoms with Crippen LogP contribution >= 0.6 is 0 Å². The molecule has 1 saturated heterocycles. The van der Waals surface area contributed by atoms with Gasteiger partial charge in [0.2, 0.25) is 0 Å². The van der Waals surface area contributed by atoms with Crippen LogP contribution in [-0.4, -0.2) is 63.8 Å². The second-order valence-electron chi connectivity index (χ2n) is 7.28. The first-order valence-corrected chi connectivity index (χ1v) is 10.4. The SMILES string of the molecule is C=CCc1ccc(OCC(=O)NCCN2CCN(c3ccccc3)CC2)c(OC)c1. The molecule has 0 spiro atoms. The maximum Gasteiger partial charge on any atom is 0.257 e. The Kier molecular flexibility index (Phi) is 8.15. The zero-order valence-corrected chi connectivity index (χ0v) is 17.7. The third kappa shape index (κ3) is 6.26. The largest absolute Gasteiger partial charge is 0.493 e. The van der Waals surface area contributed by atoms with E-state index in [4.69, 9.17) is 9.47 Å². The summed E-state index contributed by atoms with van der Waals surface area (Å²) in [6.07, 6.45) is 2.60. The van der Waals surface area contributed by atoms with E-state index in [1.807, 2.05) is 30.3 Å². The molecule has 0 aromatic heterocycles. The van der Waals surface area contributed by atoms with Crippen molar-refractivity contribution in [2.75, 3.05) is 57.9 Å². The molecule has 3 rings (SSSR count). The molecule has 0 unspecified atom stereocenters. The molecule has 1 fully saturated rings. The van der Waals surface area contributed by atoms with Crippen molar-refractivity contribution in [2.45, 2.75) is 6.42 Å². The molecule has 1 amide bonds. The molecule has 1 aliphatic rings. The van der Waals surface area contributed by atoms with Gasteiger partial charge in [-0.05, 0) is 36.2 Å². The minimum absolute atomic E-state index is 0.0288. The van der Waals surface area contributed by atoms with Crippen molar-refractivity contribution < 1.29 is 14.3 Å². The van der Waals surface area contributed by atoms with Crippen molar-refractivity contribution >= 4 is 11.6 Å². The molecule has 2 aromatic carbocycles. The lowest BCUT2D eigenvalue weighted by Gasteiger charge is -2.36. The summed E-state index contributed by atoms with van der Waals surface area (Å²) in [6.45, 7) is 9.17. The Hall–Kier alpha value is -2.99. The fourth-order valence-electron chi connectivity index (χ4n) is 3.54. The van der Waals surface area contributed by atoms with E-state index in [1.165, 1.54) is 5.69 Å². The monoisotopic (exact) mass is 409 g/mol. The number of methoxy groups -OCH3 is 1. The Balaban J connectivity index is 1.35. The number of nitrogens with zero attached hydrogens (tertiary/aromatic N) is 2. The molecule has 1 heterocycles. The summed E-state index contributed by atoms with van der Waals surface area (Å²) in [5, 5.41) is 2.94. The Morgan fingerprint density at radius 2 is 1.87 bits per heavy atom. The van der Waals surface area contributed by atoms with Crippen molar-refractivity contribution in [1.29, 1.82) is 0 Å². The average Bonchev–Trinajstić information content (AvgIpc) is 2.79. The number of carbonyl (C=O) groups excluding carboxylic acids is 1. The van der Waals surface area contributed by atoms with Crippen molar-refractivity contribution in [3.63, 3.8) is 0 Å². The molecule has 160 valence electrons. The first-order chi connectivity index (χ1) is 14.7. The number of piperazine rings is 1. The molecule has 1 N–H and O–H groups in total. The number of amides is 1. The van der Waals surface area contributed by atoms with Crippen LogP contribution in [0, 0.1) is 0 Å². The number of ether oxygens (including phenoxy) is 2. The van der Waals surface area contributed by atoms with Gasteiger partial charge in [-0.15, -0.1) is 6.58 Å². The van der Waals surface area contributed by atoms with Gasteiger partial charge >= 0.3 is 0 Å². The van der Waals surface area contributed by atoms with Crippen LogP contribution in [-0.2, 0) is 11.2 Å². The number of hydrogen-bond acceptors (Lipinski definition) is 5. The third-order valence-corrected chi connectivity index (χ3v) is 5.21. The van der Waals surface area contributed by atoms with E-state index in [1.54, 1.807) is 7.11 Å². The Morgan fingerprint density at radius 3 is 2.57 bits per heavy atom. The summed E-state index contributed by atoms with van der Waals surface area (Å²) in [5.41, 5.74) is 2.36. The molecule has 0 atom stereocenters. The lowest BCUT2D eigenvalue weighted by Crippen LogP contribution is -2.48. The van der Waals surface area contributed by atoms with Crippen molar-refractivity contribution in [3.05, 3.63) is 66.7 Å². The molecule has 0 aliphatic carbocycles. The fourth-order valence-corrected chi connectivity index (χ4v) is 3.54. The van der Waals surface area contributed by atoms with Gasteiger partial charge in [-0.25, -0.2) is 0 Å². The first-order valence-electron chi connectivity index (χ1n) is 10.4. The number of carbonyl (C=O) groups is 1. The zero-order valence-electron chi connectivity index (χ0n) is 17.7. The highest BCUT2D eigenvalue weighted by Crippen LogP contribution is 2.28. The quantitative estimate of drug-likeness (QED) is 0.612. The first kappa shape index (κ1) is 21.7. The van der Waals surface area contributed by atoms with Crippen LogP contribution in [0.1, 0.15) is 5.56 Å². The second kappa shape index (κ2) is 11.3. The van der Waals surface area contributed by atoms with Gasteiger partial charge in [0.1, 0.15) is 0 Å². The molecule has 0 radical (unpaired) electrons. The fraction of sp³-hybridized carbons (Fsp3) is 0.375. The van der Waals surface area contributed by atoms with Crippen LogP contribution in [0.5, 0.6) is 11.5 Å². The van der Waals surface area contributed by atoms with E-state index >= 15 is 0 Å². The van der Waals surface area contributed by atoms with Gasteiger partial charge in [-0.3, -0.25) is 9.69 Å². The summed E-state index contributed by atoms with van der Waals surface area (Å²) >= 11 is 0. The zero-order chi connectivity index (χ0) is 21.2. The van der Waals surface area contributed by atoms with Crippen molar-refractivity contribution in [3.8, 4) is 11.5 Å². The number of allylic oxidation sites excluding steroid dienone is 1. The van der Waals surface area contributed by atoms with Crippen LogP contribution < -0.4 is 19.7 Å². The van der Waals surface area contributed by atoms with Crippen LogP contribution in [0.25, 0.3) is 0 Å². The number of nitrogens with one attached hydrogen (secondary N) is 1. The maximum absolute atomic E-state index is 12.1. The van der Waals surface area contributed by atoms with Crippen LogP contribution in [0.15, 0.2) is 61.2 Å². The highest BCUT2D eigenvalue weighted by molar-refractivity contribution is 5.77. The van der Waals surface area contributed by atoms with E-state index in [9.17, 15) is 4.79 Å². The normalized spacial score (nSPS) is 14.2. The van der Waals surface area contributed by atoms with E-state index in [0.717, 1.165) is 44.7 Å². The molecule has 6 heteroatoms. The maximum atomic E-state index is 12.1. The number of rotatable bonds is 10. The van der Waals surface area contributed by atoms with Crippen molar-refractivity contribution in [1.82, 2.24) is 10.2 Å². The molecule has 30 heavy (non-hydrogen) atoms. The van der Waals surface area contributed by atoms with Gasteiger partial charge in [0.25, 0.3) is 5.91 Å². The summed E-state index contributed by atoms with van der Waals surface area (Å²) < 4.78 is 11.0. The van der Waals surface area contributed by atoms with Crippen LogP contribution in [0.3, 0.4) is 0 Å². The van der Waals surface area contributed by atoms with Gasteiger partial charge in [0.15, 0.2) is 18.1 Å². The highest BCUT2D eigenvalue weighted by Gasteiger charge is 2.17. The van der Waals surface area contributed by atoms with Gasteiger partial charge in [0.05, 0.1) is 7.11 Å². The molecule has 1 aliphatic heterocycles. The third-order valence-electron chi connectivity index (χ3n) is 5.21. The van der Waals surface area contributed by atoms with E-state index in [-0.39, 0.29) is 12.5 Å². The van der Waals surface area contributed by atoms with E-state index in [2.05, 4.69) is 46.0 Å². The van der Waals surface area contributed by atoms with E-state index in [0.29, 0.717) is 18.0 Å². The molecular formula is C24H31N3O3. The van der Waals surface area contributed by atoms with Gasteiger partial charge in [-0.2, -0.15) is 0 Å². The Labute approximate surface area is 179 Å². The van der Waals surface area contributed by atoms with Crippen LogP contribution in [0.4, 0.5) is 5.69 Å². The topological polar surface area (TPSA) is 54.0 Å². The number of benzene rings is 2. The van der Waals surface area contributed by atoms with Crippen molar-refractivity contribution in [2.24, 2.45) is 0 Å². The number of para-hydroxylation sites is 1. The smallest absolute Gasteiger partial charge is 0.257 e. The Bertz CT molecular complexity index is 818. The Morgan fingerprint density at radius 1 is 1.10 bits per heavy atom. The molecule has 0 bridgehead atoms. The summed E-state index contributed by atoms with van der Waals surface area (Å²) in [4.78, 5) is 16.9. The standard InChI is InChI=1S/C24H31N3O3/c1-3-7-20-10-11-22(23(18-20)29-2)30-19-24(28)25-12-13-26-14-16-27(17-15-26)21-8-5-4-6-9-21/h3-6,8-11,18H,1,7,12-17,19H2,2H3,(H,25,28). The van der Waals surface area contributed by atoms with E-state index < -0.39 is 0 Å². The van der Waals surface area contributed by atoms with Gasteiger partial charge < -0.3 is 19.7 Å². The summed E-state index contributed by atoms with van der Waals surface area (Å²) in [6, 6.07) is 16.2. The minimum atomic E-state index is -0.129. The molecule has 2 aromatic rings. The molecular weight excluding hydrogens is 378 g/mol. The second-order valence-corrected chi connectivity index (χ2v) is 7.28. The summed E-state index contributed by atoms with van der Waals surface area (Å²) in [7, 11) is 1.59. The lowest BCUT2D eigenvalue weighted by atomic mass is 10.1. The highest BCUT2D eigenvalue weighted by atomic mass is 16.5. The minimum Gasteiger partial charge on any atom is -0.493 e. The summed E-state index contributed by atoms with van der Waals surface area (Å²) in [5.74, 6) is 1.06. The number of anilines is 1. The predicted octanol–water partition coefficient (Wildman–Crippen LogP) is 2.74. The lowest BCUT2D eigenvalue weighted by molar-refractivity contribution is -0.123. The predicted molar refractivity (Wildman–Crippen MR) is 120 cm³/mol. The van der Waals surface area contributed by atoms with Gasteiger partial charge in [-0.1, -0.05) is 30.3 Å². The average molecular weight is 410 g/mol. The van der Waals surface area contributed by atoms with Crippen LogP contribution in [0.2, 0.25) is 0 Å². The van der Waals surface area contributed by atoms with Gasteiger partial charge in [0, 0.05) is 45.0 Å². The number of hydrogen-bond donors (Lipinski definition) is 1. The molecule has 0 saturated carbocycles.